The first kappa shape index (κ1) is 63.1. The van der Waals surface area contributed by atoms with Gasteiger partial charge in [0.05, 0.1) is 0 Å². The Balaban J connectivity index is 4.14. The third kappa shape index (κ3) is 53.0. The zero-order valence-corrected chi connectivity index (χ0v) is 44.0. The molecule has 0 aliphatic rings. The van der Waals surface area contributed by atoms with E-state index in [2.05, 4.69) is 32.9 Å². The second-order valence-corrected chi connectivity index (χ2v) is 19.9. The van der Waals surface area contributed by atoms with Gasteiger partial charge in [-0.2, -0.15) is 0 Å². The van der Waals surface area contributed by atoms with Crippen LogP contribution >= 0.6 is 0 Å². The lowest BCUT2D eigenvalue weighted by molar-refractivity contribution is -0.167. The number of ether oxygens (including phenoxy) is 3. The molecular weight excluding hydrogens is 805 g/mol. The predicted molar refractivity (Wildman–Crippen MR) is 280 cm³/mol. The molecule has 0 bridgehead atoms. The number of unbranched alkanes of at least 4 members (excludes halogenated alkanes) is 41. The molecule has 0 aromatic rings. The monoisotopic (exact) mass is 917 g/mol. The molecule has 65 heavy (non-hydrogen) atoms. The van der Waals surface area contributed by atoms with Crippen molar-refractivity contribution in [2.24, 2.45) is 0 Å². The maximum atomic E-state index is 12.8. The lowest BCUT2D eigenvalue weighted by Crippen LogP contribution is -2.30. The molecule has 0 rings (SSSR count). The third-order valence-corrected chi connectivity index (χ3v) is 13.3. The molecule has 0 radical (unpaired) electrons. The topological polar surface area (TPSA) is 78.9 Å². The van der Waals surface area contributed by atoms with Crippen LogP contribution in [0.4, 0.5) is 0 Å². The summed E-state index contributed by atoms with van der Waals surface area (Å²) in [4.78, 5) is 38.0. The molecule has 0 aromatic heterocycles. The molecule has 0 aliphatic heterocycles. The molecule has 384 valence electrons. The fourth-order valence-electron chi connectivity index (χ4n) is 8.85. The standard InChI is InChI=1S/C59H112O6/c1-4-7-10-13-16-19-22-24-25-26-27-28-29-30-31-32-33-34-36-37-40-43-46-49-52-58(61)64-55-56(54-63-57(60)51-48-45-42-39-21-18-15-12-9-6-3)65-59(62)53-50-47-44-41-38-35-23-20-17-14-11-8-5-2/h20,23,56H,4-19,21-22,24-55H2,1-3H3/b23-20-. The quantitative estimate of drug-likeness (QED) is 0.0262. The highest BCUT2D eigenvalue weighted by Crippen LogP contribution is 2.17. The van der Waals surface area contributed by atoms with Crippen LogP contribution in [0.25, 0.3) is 0 Å². The van der Waals surface area contributed by atoms with Crippen LogP contribution in [-0.2, 0) is 28.6 Å². The van der Waals surface area contributed by atoms with Gasteiger partial charge in [-0.05, 0) is 44.9 Å². The first-order valence-electron chi connectivity index (χ1n) is 29.2. The van der Waals surface area contributed by atoms with Crippen molar-refractivity contribution >= 4 is 17.9 Å². The predicted octanol–water partition coefficient (Wildman–Crippen LogP) is 19.3. The largest absolute Gasteiger partial charge is 0.462 e. The molecule has 0 amide bonds. The zero-order valence-electron chi connectivity index (χ0n) is 44.0. The summed E-state index contributed by atoms with van der Waals surface area (Å²) in [5, 5.41) is 0. The fraction of sp³-hybridized carbons (Fsp3) is 0.915. The molecule has 0 heterocycles. The Morgan fingerprint density at radius 2 is 0.508 bits per heavy atom. The molecule has 0 spiro atoms. The summed E-state index contributed by atoms with van der Waals surface area (Å²) in [6, 6.07) is 0. The van der Waals surface area contributed by atoms with Crippen LogP contribution in [0.3, 0.4) is 0 Å². The number of allylic oxidation sites excluding steroid dienone is 2. The Morgan fingerprint density at radius 1 is 0.292 bits per heavy atom. The molecule has 1 atom stereocenters. The van der Waals surface area contributed by atoms with Gasteiger partial charge in [0.2, 0.25) is 0 Å². The maximum absolute atomic E-state index is 12.8. The van der Waals surface area contributed by atoms with E-state index in [9.17, 15) is 14.4 Å². The number of rotatable bonds is 54. The van der Waals surface area contributed by atoms with Crippen LogP contribution in [0.15, 0.2) is 12.2 Å². The van der Waals surface area contributed by atoms with E-state index in [4.69, 9.17) is 14.2 Å². The van der Waals surface area contributed by atoms with Crippen LogP contribution in [-0.4, -0.2) is 37.2 Å². The minimum Gasteiger partial charge on any atom is -0.462 e. The molecule has 1 unspecified atom stereocenters. The van der Waals surface area contributed by atoms with Gasteiger partial charge in [-0.3, -0.25) is 14.4 Å². The van der Waals surface area contributed by atoms with Gasteiger partial charge in [-0.25, -0.2) is 0 Å². The van der Waals surface area contributed by atoms with Gasteiger partial charge in [0.15, 0.2) is 6.10 Å². The van der Waals surface area contributed by atoms with Crippen LogP contribution in [0.2, 0.25) is 0 Å². The van der Waals surface area contributed by atoms with Gasteiger partial charge in [-0.15, -0.1) is 0 Å². The van der Waals surface area contributed by atoms with Crippen LogP contribution in [0.5, 0.6) is 0 Å². The summed E-state index contributed by atoms with van der Waals surface area (Å²) in [6.45, 7) is 6.66. The minimum absolute atomic E-state index is 0.0678. The molecule has 0 N–H and O–H groups in total. The molecule has 0 saturated carbocycles. The van der Waals surface area contributed by atoms with E-state index >= 15 is 0 Å². The number of hydrogen-bond acceptors (Lipinski definition) is 6. The van der Waals surface area contributed by atoms with Crippen LogP contribution in [0.1, 0.15) is 329 Å². The number of esters is 3. The van der Waals surface area contributed by atoms with Gasteiger partial charge < -0.3 is 14.2 Å². The lowest BCUT2D eigenvalue weighted by Gasteiger charge is -2.18. The van der Waals surface area contributed by atoms with Crippen molar-refractivity contribution < 1.29 is 28.6 Å². The van der Waals surface area contributed by atoms with Crippen LogP contribution < -0.4 is 0 Å². The minimum atomic E-state index is -0.768. The summed E-state index contributed by atoms with van der Waals surface area (Å²) in [5.41, 5.74) is 0. The van der Waals surface area contributed by atoms with Crippen molar-refractivity contribution in [1.82, 2.24) is 0 Å². The van der Waals surface area contributed by atoms with Crippen molar-refractivity contribution in [2.75, 3.05) is 13.2 Å². The molecule has 0 fully saturated rings. The smallest absolute Gasteiger partial charge is 0.306 e. The highest BCUT2D eigenvalue weighted by molar-refractivity contribution is 5.71. The first-order chi connectivity index (χ1) is 32.0. The zero-order chi connectivity index (χ0) is 47.2. The average molecular weight is 918 g/mol. The van der Waals surface area contributed by atoms with Gasteiger partial charge in [-0.1, -0.05) is 277 Å². The summed E-state index contributed by atoms with van der Waals surface area (Å²) < 4.78 is 16.8. The van der Waals surface area contributed by atoms with E-state index in [1.165, 1.54) is 225 Å². The van der Waals surface area contributed by atoms with Gasteiger partial charge in [0.25, 0.3) is 0 Å². The second kappa shape index (κ2) is 54.8. The second-order valence-electron chi connectivity index (χ2n) is 19.9. The van der Waals surface area contributed by atoms with E-state index in [-0.39, 0.29) is 31.1 Å². The normalized spacial score (nSPS) is 12.0. The van der Waals surface area contributed by atoms with E-state index in [1.54, 1.807) is 0 Å². The summed E-state index contributed by atoms with van der Waals surface area (Å²) in [7, 11) is 0. The lowest BCUT2D eigenvalue weighted by atomic mass is 10.0. The van der Waals surface area contributed by atoms with Crippen molar-refractivity contribution in [3.05, 3.63) is 12.2 Å². The highest BCUT2D eigenvalue weighted by atomic mass is 16.6. The number of carbonyl (C=O) groups excluding carboxylic acids is 3. The Hall–Kier alpha value is -1.85. The van der Waals surface area contributed by atoms with Crippen LogP contribution in [0, 0.1) is 0 Å². The fourth-order valence-corrected chi connectivity index (χ4v) is 8.85. The van der Waals surface area contributed by atoms with E-state index in [0.717, 1.165) is 64.2 Å². The SMILES string of the molecule is CCCCCC/C=C\CCCCCCCC(=O)OC(COC(=O)CCCCCCCCCCCC)COC(=O)CCCCCCCCCCCCCCCCCCCCCCCCCC. The number of carbonyl (C=O) groups is 3. The molecule has 6 nitrogen and oxygen atoms in total. The maximum Gasteiger partial charge on any atom is 0.306 e. The first-order valence-corrected chi connectivity index (χ1v) is 29.2. The average Bonchev–Trinajstić information content (AvgIpc) is 3.30. The Bertz CT molecular complexity index is 1010. The van der Waals surface area contributed by atoms with Crippen molar-refractivity contribution in [3.8, 4) is 0 Å². The molecule has 0 aromatic carbocycles. The Morgan fingerprint density at radius 3 is 0.785 bits per heavy atom. The van der Waals surface area contributed by atoms with Gasteiger partial charge in [0.1, 0.15) is 13.2 Å². The summed E-state index contributed by atoms with van der Waals surface area (Å²) in [5.74, 6) is -0.857. The van der Waals surface area contributed by atoms with E-state index < -0.39 is 6.10 Å². The Kier molecular flexibility index (Phi) is 53.2. The summed E-state index contributed by atoms with van der Waals surface area (Å²) >= 11 is 0. The van der Waals surface area contributed by atoms with Crippen molar-refractivity contribution in [1.29, 1.82) is 0 Å². The number of hydrogen-bond donors (Lipinski definition) is 0. The third-order valence-electron chi connectivity index (χ3n) is 13.3. The van der Waals surface area contributed by atoms with Gasteiger partial charge >= 0.3 is 17.9 Å². The Labute approximate surface area is 405 Å². The van der Waals surface area contributed by atoms with E-state index in [0.29, 0.717) is 19.3 Å². The van der Waals surface area contributed by atoms with E-state index in [1.807, 2.05) is 0 Å². The summed E-state index contributed by atoms with van der Waals surface area (Å²) in [6.07, 6.45) is 62.2. The molecule has 0 aliphatic carbocycles. The highest BCUT2D eigenvalue weighted by Gasteiger charge is 2.19. The van der Waals surface area contributed by atoms with Crippen molar-refractivity contribution in [3.63, 3.8) is 0 Å². The molecular formula is C59H112O6. The van der Waals surface area contributed by atoms with Crippen molar-refractivity contribution in [2.45, 2.75) is 335 Å². The van der Waals surface area contributed by atoms with Gasteiger partial charge in [0, 0.05) is 19.3 Å². The molecule has 0 saturated heterocycles. The molecule has 6 heteroatoms.